The molecule has 0 radical (unpaired) electrons. The number of hydrogen-bond acceptors (Lipinski definition) is 4. The van der Waals surface area contributed by atoms with Gasteiger partial charge in [-0.15, -0.1) is 0 Å². The standard InChI is InChI=1S/C21H21ClF3N5O2/c1-11-18-14(7-8-30(11)20(31)13-6-5-12(32-4)9-15(13)22)19(29(3)27-18)16-10-17(21(23,24)25)26-28(16)2/h5-6,9-11H,7-8H2,1-4H3/t11-/m0/s1. The summed E-state index contributed by atoms with van der Waals surface area (Å²) in [6.45, 7) is 2.21. The molecule has 0 saturated carbocycles. The first-order valence-electron chi connectivity index (χ1n) is 9.84. The van der Waals surface area contributed by atoms with Gasteiger partial charge < -0.3 is 9.64 Å². The van der Waals surface area contributed by atoms with E-state index in [9.17, 15) is 18.0 Å². The maximum atomic E-state index is 13.2. The molecule has 0 fully saturated rings. The Labute approximate surface area is 187 Å². The highest BCUT2D eigenvalue weighted by Gasteiger charge is 2.37. The summed E-state index contributed by atoms with van der Waals surface area (Å²) in [4.78, 5) is 14.9. The first-order valence-corrected chi connectivity index (χ1v) is 10.2. The van der Waals surface area contributed by atoms with Crippen molar-refractivity contribution in [2.75, 3.05) is 13.7 Å². The second-order valence-corrected chi connectivity index (χ2v) is 8.05. The summed E-state index contributed by atoms with van der Waals surface area (Å²) in [6, 6.07) is 5.49. The van der Waals surface area contributed by atoms with Crippen molar-refractivity contribution in [3.8, 4) is 17.1 Å². The predicted molar refractivity (Wildman–Crippen MR) is 112 cm³/mol. The summed E-state index contributed by atoms with van der Waals surface area (Å²) in [5, 5.41) is 8.44. The number of rotatable bonds is 3. The fraction of sp³-hybridized carbons (Fsp3) is 0.381. The minimum absolute atomic E-state index is 0.247. The molecule has 170 valence electrons. The SMILES string of the molecule is COc1ccc(C(=O)N2CCc3c(nn(C)c3-c3cc(C(F)(F)F)nn3C)[C@@H]2C)c(Cl)c1. The predicted octanol–water partition coefficient (Wildman–Crippen LogP) is 4.26. The molecule has 7 nitrogen and oxygen atoms in total. The monoisotopic (exact) mass is 467 g/mol. The molecule has 0 N–H and O–H groups in total. The summed E-state index contributed by atoms with van der Waals surface area (Å²) in [5.41, 5.74) is 1.72. The quantitative estimate of drug-likeness (QED) is 0.577. The number of ether oxygens (including phenoxy) is 1. The molecule has 1 aliphatic heterocycles. The van der Waals surface area contributed by atoms with Crippen LogP contribution in [-0.4, -0.2) is 44.0 Å². The topological polar surface area (TPSA) is 65.2 Å². The van der Waals surface area contributed by atoms with Crippen LogP contribution in [0.1, 0.15) is 40.3 Å². The molecule has 1 atom stereocenters. The number of aryl methyl sites for hydroxylation is 2. The first-order chi connectivity index (χ1) is 15.0. The number of alkyl halides is 3. The first kappa shape index (κ1) is 22.2. The molecule has 11 heteroatoms. The Bertz CT molecular complexity index is 1200. The van der Waals surface area contributed by atoms with E-state index < -0.39 is 11.9 Å². The third-order valence-corrected chi connectivity index (χ3v) is 6.04. The highest BCUT2D eigenvalue weighted by atomic mass is 35.5. The Morgan fingerprint density at radius 1 is 1.19 bits per heavy atom. The summed E-state index contributed by atoms with van der Waals surface area (Å²) in [6.07, 6.45) is -4.10. The van der Waals surface area contributed by atoms with E-state index in [4.69, 9.17) is 16.3 Å². The van der Waals surface area contributed by atoms with Crippen LogP contribution in [0.15, 0.2) is 24.3 Å². The number of nitrogens with zero attached hydrogens (tertiary/aromatic N) is 5. The number of carbonyl (C=O) groups excluding carboxylic acids is 1. The summed E-state index contributed by atoms with van der Waals surface area (Å²) >= 11 is 6.29. The molecule has 0 aliphatic carbocycles. The van der Waals surface area contributed by atoms with Gasteiger partial charge in [-0.3, -0.25) is 14.2 Å². The lowest BCUT2D eigenvalue weighted by molar-refractivity contribution is -0.141. The number of fused-ring (bicyclic) bond motifs is 1. The van der Waals surface area contributed by atoms with E-state index in [0.29, 0.717) is 41.4 Å². The average molecular weight is 468 g/mol. The summed E-state index contributed by atoms with van der Waals surface area (Å²) in [7, 11) is 4.66. The molecule has 0 saturated heterocycles. The van der Waals surface area contributed by atoms with E-state index in [1.54, 1.807) is 34.8 Å². The minimum Gasteiger partial charge on any atom is -0.497 e. The van der Waals surface area contributed by atoms with E-state index in [0.717, 1.165) is 11.6 Å². The number of methoxy groups -OCH3 is 1. The van der Waals surface area contributed by atoms with Crippen molar-refractivity contribution in [2.45, 2.75) is 25.6 Å². The second kappa shape index (κ2) is 7.84. The Hall–Kier alpha value is -3.01. The van der Waals surface area contributed by atoms with Crippen molar-refractivity contribution in [3.63, 3.8) is 0 Å². The fourth-order valence-corrected chi connectivity index (χ4v) is 4.37. The van der Waals surface area contributed by atoms with E-state index >= 15 is 0 Å². The van der Waals surface area contributed by atoms with Crippen molar-refractivity contribution in [3.05, 3.63) is 51.8 Å². The molecule has 1 amide bonds. The van der Waals surface area contributed by atoms with Crippen molar-refractivity contribution >= 4 is 17.5 Å². The van der Waals surface area contributed by atoms with E-state index in [1.165, 1.54) is 18.8 Å². The van der Waals surface area contributed by atoms with E-state index in [-0.39, 0.29) is 17.0 Å². The van der Waals surface area contributed by atoms with Gasteiger partial charge in [0, 0.05) is 26.2 Å². The van der Waals surface area contributed by atoms with E-state index in [2.05, 4.69) is 10.2 Å². The molecule has 1 aromatic carbocycles. The molecule has 0 unspecified atom stereocenters. The van der Waals surface area contributed by atoms with Crippen LogP contribution < -0.4 is 4.74 Å². The smallest absolute Gasteiger partial charge is 0.435 e. The van der Waals surface area contributed by atoms with Gasteiger partial charge in [-0.25, -0.2) is 0 Å². The van der Waals surface area contributed by atoms with Gasteiger partial charge in [-0.05, 0) is 37.6 Å². The number of hydrogen-bond donors (Lipinski definition) is 0. The molecule has 0 bridgehead atoms. The van der Waals surface area contributed by atoms with Gasteiger partial charge in [0.15, 0.2) is 5.69 Å². The minimum atomic E-state index is -4.54. The van der Waals surface area contributed by atoms with Crippen LogP contribution in [0.25, 0.3) is 11.4 Å². The zero-order chi connectivity index (χ0) is 23.4. The number of benzene rings is 1. The van der Waals surface area contributed by atoms with Gasteiger partial charge in [-0.1, -0.05) is 11.6 Å². The van der Waals surface area contributed by atoms with Crippen molar-refractivity contribution in [2.24, 2.45) is 14.1 Å². The summed E-state index contributed by atoms with van der Waals surface area (Å²) < 4.78 is 47.3. The lowest BCUT2D eigenvalue weighted by Crippen LogP contribution is -2.39. The Balaban J connectivity index is 1.69. The van der Waals surface area contributed by atoms with Crippen LogP contribution >= 0.6 is 11.6 Å². The Kier molecular flexibility index (Phi) is 5.44. The van der Waals surface area contributed by atoms with Crippen LogP contribution in [0.3, 0.4) is 0 Å². The molecule has 2 aromatic heterocycles. The molecule has 0 spiro atoms. The van der Waals surface area contributed by atoms with Gasteiger partial charge >= 0.3 is 6.18 Å². The van der Waals surface area contributed by atoms with Crippen molar-refractivity contribution in [1.29, 1.82) is 0 Å². The maximum absolute atomic E-state index is 13.2. The molecular weight excluding hydrogens is 447 g/mol. The van der Waals surface area contributed by atoms with Crippen molar-refractivity contribution in [1.82, 2.24) is 24.5 Å². The second-order valence-electron chi connectivity index (χ2n) is 7.64. The zero-order valence-corrected chi connectivity index (χ0v) is 18.6. The van der Waals surface area contributed by atoms with Gasteiger partial charge in [-0.2, -0.15) is 23.4 Å². The molecule has 1 aliphatic rings. The van der Waals surface area contributed by atoms with Crippen LogP contribution in [0, 0.1) is 0 Å². The highest BCUT2D eigenvalue weighted by molar-refractivity contribution is 6.34. The Morgan fingerprint density at radius 2 is 1.91 bits per heavy atom. The van der Waals surface area contributed by atoms with Crippen LogP contribution in [0.5, 0.6) is 5.75 Å². The fourth-order valence-electron chi connectivity index (χ4n) is 4.12. The van der Waals surface area contributed by atoms with Crippen LogP contribution in [-0.2, 0) is 26.7 Å². The maximum Gasteiger partial charge on any atom is 0.435 e. The number of halogens is 4. The molecule has 3 aromatic rings. The lowest BCUT2D eigenvalue weighted by Gasteiger charge is -2.33. The Morgan fingerprint density at radius 3 is 2.50 bits per heavy atom. The third-order valence-electron chi connectivity index (χ3n) is 5.72. The molecule has 32 heavy (non-hydrogen) atoms. The normalized spacial score (nSPS) is 16.2. The van der Waals surface area contributed by atoms with E-state index in [1.807, 2.05) is 6.92 Å². The average Bonchev–Trinajstić information content (AvgIpc) is 3.27. The largest absolute Gasteiger partial charge is 0.497 e. The van der Waals surface area contributed by atoms with Gasteiger partial charge in [0.1, 0.15) is 5.75 Å². The van der Waals surface area contributed by atoms with Crippen LogP contribution in [0.4, 0.5) is 13.2 Å². The van der Waals surface area contributed by atoms with Gasteiger partial charge in [0.05, 0.1) is 40.8 Å². The lowest BCUT2D eigenvalue weighted by atomic mass is 9.96. The molecule has 4 rings (SSSR count). The highest BCUT2D eigenvalue weighted by Crippen LogP contribution is 2.38. The number of aromatic nitrogens is 4. The van der Waals surface area contributed by atoms with Gasteiger partial charge in [0.25, 0.3) is 5.91 Å². The van der Waals surface area contributed by atoms with Crippen LogP contribution in [0.2, 0.25) is 5.02 Å². The third kappa shape index (κ3) is 3.62. The van der Waals surface area contributed by atoms with Crippen molar-refractivity contribution < 1.29 is 22.7 Å². The molecule has 3 heterocycles. The zero-order valence-electron chi connectivity index (χ0n) is 17.9. The molecular formula is C21H21ClF3N5O2. The van der Waals surface area contributed by atoms with Gasteiger partial charge in [0.2, 0.25) is 0 Å². The number of amides is 1. The number of carbonyl (C=O) groups is 1. The summed E-state index contributed by atoms with van der Waals surface area (Å²) in [5.74, 6) is 0.298.